The highest BCUT2D eigenvalue weighted by Gasteiger charge is 2.39. The van der Waals surface area contributed by atoms with Gasteiger partial charge in [-0.05, 0) is 49.9 Å². The number of ether oxygens (including phenoxy) is 1. The van der Waals surface area contributed by atoms with Gasteiger partial charge in [0.2, 0.25) is 0 Å². The smallest absolute Gasteiger partial charge is 0.133 e. The Morgan fingerprint density at radius 1 is 1.44 bits per heavy atom. The van der Waals surface area contributed by atoms with Crippen LogP contribution in [0.25, 0.3) is 0 Å². The summed E-state index contributed by atoms with van der Waals surface area (Å²) in [5.41, 5.74) is 3.34. The summed E-state index contributed by atoms with van der Waals surface area (Å²) in [5.74, 6) is 1.92. The minimum Gasteiger partial charge on any atom is -0.496 e. The Morgan fingerprint density at radius 3 is 2.67 bits per heavy atom. The van der Waals surface area contributed by atoms with Gasteiger partial charge in [0.25, 0.3) is 0 Å². The zero-order valence-electron chi connectivity index (χ0n) is 11.7. The number of fused-ring (bicyclic) bond motifs is 1. The van der Waals surface area contributed by atoms with Crippen molar-refractivity contribution in [1.82, 2.24) is 5.06 Å². The van der Waals surface area contributed by atoms with Gasteiger partial charge in [-0.2, -0.15) is 5.06 Å². The largest absolute Gasteiger partial charge is 0.496 e. The van der Waals surface area contributed by atoms with E-state index in [2.05, 4.69) is 26.8 Å². The van der Waals surface area contributed by atoms with Crippen molar-refractivity contribution >= 4 is 11.8 Å². The lowest BCUT2D eigenvalue weighted by Gasteiger charge is -2.41. The molecule has 4 heteroatoms. The van der Waals surface area contributed by atoms with E-state index in [9.17, 15) is 5.21 Å². The fraction of sp³-hybridized carbons (Fsp3) is 0.571. The van der Waals surface area contributed by atoms with Crippen molar-refractivity contribution in [3.8, 4) is 5.75 Å². The van der Waals surface area contributed by atoms with Gasteiger partial charge < -0.3 is 9.94 Å². The first kappa shape index (κ1) is 13.7. The molecule has 0 aliphatic carbocycles. The van der Waals surface area contributed by atoms with E-state index in [1.807, 2.05) is 11.8 Å². The predicted octanol–water partition coefficient (Wildman–Crippen LogP) is 3.34. The van der Waals surface area contributed by atoms with Gasteiger partial charge in [-0.3, -0.25) is 0 Å². The molecule has 0 fully saturated rings. The van der Waals surface area contributed by atoms with E-state index < -0.39 is 0 Å². The first-order valence-corrected chi connectivity index (χ1v) is 7.14. The van der Waals surface area contributed by atoms with Crippen LogP contribution in [0.3, 0.4) is 0 Å². The van der Waals surface area contributed by atoms with Gasteiger partial charge >= 0.3 is 0 Å². The number of hydrogen-bond donors (Lipinski definition) is 1. The van der Waals surface area contributed by atoms with Crippen LogP contribution in [0.4, 0.5) is 0 Å². The molecule has 3 nitrogen and oxygen atoms in total. The van der Waals surface area contributed by atoms with Crippen molar-refractivity contribution in [1.29, 1.82) is 0 Å². The van der Waals surface area contributed by atoms with Gasteiger partial charge in [0, 0.05) is 12.8 Å². The Balaban J connectivity index is 2.73. The van der Waals surface area contributed by atoms with Crippen LogP contribution in [0.5, 0.6) is 5.75 Å². The molecule has 1 heterocycles. The fourth-order valence-electron chi connectivity index (χ4n) is 2.60. The molecule has 0 saturated heterocycles. The molecule has 0 bridgehead atoms. The molecule has 0 saturated carbocycles. The van der Waals surface area contributed by atoms with E-state index in [0.717, 1.165) is 17.9 Å². The lowest BCUT2D eigenvalue weighted by Crippen LogP contribution is -2.42. The monoisotopic (exact) mass is 267 g/mol. The maximum absolute atomic E-state index is 10.0. The van der Waals surface area contributed by atoms with Gasteiger partial charge in [-0.15, -0.1) is 11.8 Å². The van der Waals surface area contributed by atoms with Crippen LogP contribution < -0.4 is 4.74 Å². The van der Waals surface area contributed by atoms with Crippen molar-refractivity contribution in [3.05, 3.63) is 22.8 Å². The molecule has 1 aromatic carbocycles. The predicted molar refractivity (Wildman–Crippen MR) is 74.7 cm³/mol. The second kappa shape index (κ2) is 4.76. The standard InChI is InChI=1S/C14H21NO2S/c1-9-8-11(17-5)13-12(10(9)2)14(3,15(4)16)6-7-18-13/h8,16H,6-7H2,1-5H3. The molecule has 1 unspecified atom stereocenters. The van der Waals surface area contributed by atoms with Crippen LogP contribution in [0.2, 0.25) is 0 Å². The van der Waals surface area contributed by atoms with Gasteiger partial charge in [-0.25, -0.2) is 0 Å². The number of rotatable bonds is 2. The lowest BCUT2D eigenvalue weighted by atomic mass is 9.83. The summed E-state index contributed by atoms with van der Waals surface area (Å²) in [7, 11) is 3.44. The average molecular weight is 267 g/mol. The normalized spacial score (nSPS) is 23.1. The number of nitrogens with zero attached hydrogens (tertiary/aromatic N) is 1. The SMILES string of the molecule is COc1cc(C)c(C)c2c1SCCC2(C)N(C)O. The van der Waals surface area contributed by atoms with Gasteiger partial charge in [0.1, 0.15) is 5.75 Å². The maximum atomic E-state index is 10.0. The minimum atomic E-state index is -0.329. The molecule has 100 valence electrons. The summed E-state index contributed by atoms with van der Waals surface area (Å²) in [4.78, 5) is 1.18. The molecule has 0 radical (unpaired) electrons. The molecule has 2 rings (SSSR count). The van der Waals surface area contributed by atoms with E-state index in [4.69, 9.17) is 4.74 Å². The molecule has 0 aromatic heterocycles. The summed E-state index contributed by atoms with van der Waals surface area (Å²) in [6, 6.07) is 2.09. The molecular formula is C14H21NO2S. The molecule has 1 aliphatic heterocycles. The van der Waals surface area contributed by atoms with E-state index in [0.29, 0.717) is 0 Å². The first-order chi connectivity index (χ1) is 8.41. The summed E-state index contributed by atoms with van der Waals surface area (Å²) in [5, 5.41) is 11.4. The third kappa shape index (κ3) is 1.92. The molecule has 1 N–H and O–H groups in total. The first-order valence-electron chi connectivity index (χ1n) is 6.16. The topological polar surface area (TPSA) is 32.7 Å². The number of hydroxylamine groups is 2. The molecule has 0 spiro atoms. The molecule has 1 atom stereocenters. The second-order valence-corrected chi connectivity index (χ2v) is 6.23. The van der Waals surface area contributed by atoms with E-state index in [-0.39, 0.29) is 5.54 Å². The number of thioether (sulfide) groups is 1. The maximum Gasteiger partial charge on any atom is 0.133 e. The molecule has 0 amide bonds. The average Bonchev–Trinajstić information content (AvgIpc) is 2.33. The summed E-state index contributed by atoms with van der Waals surface area (Å²) < 4.78 is 5.50. The number of hydrogen-bond acceptors (Lipinski definition) is 4. The minimum absolute atomic E-state index is 0.329. The quantitative estimate of drug-likeness (QED) is 0.833. The Labute approximate surface area is 113 Å². The number of methoxy groups -OCH3 is 1. The highest BCUT2D eigenvalue weighted by Crippen LogP contribution is 2.49. The van der Waals surface area contributed by atoms with Crippen molar-refractivity contribution in [2.24, 2.45) is 0 Å². The molecule has 1 aromatic rings. The zero-order chi connectivity index (χ0) is 13.5. The third-order valence-electron chi connectivity index (χ3n) is 4.07. The summed E-state index contributed by atoms with van der Waals surface area (Å²) >= 11 is 1.82. The highest BCUT2D eigenvalue weighted by atomic mass is 32.2. The van der Waals surface area contributed by atoms with Crippen molar-refractivity contribution in [2.45, 2.75) is 37.6 Å². The van der Waals surface area contributed by atoms with Crippen molar-refractivity contribution in [3.63, 3.8) is 0 Å². The Hall–Kier alpha value is -0.710. The van der Waals surface area contributed by atoms with Gasteiger partial charge in [0.15, 0.2) is 0 Å². The van der Waals surface area contributed by atoms with Crippen LogP contribution in [0, 0.1) is 13.8 Å². The molecule has 1 aliphatic rings. The Bertz CT molecular complexity index is 473. The number of benzene rings is 1. The lowest BCUT2D eigenvalue weighted by molar-refractivity contribution is -0.153. The Morgan fingerprint density at radius 2 is 2.11 bits per heavy atom. The van der Waals surface area contributed by atoms with Crippen molar-refractivity contribution in [2.75, 3.05) is 19.9 Å². The number of aryl methyl sites for hydroxylation is 1. The van der Waals surface area contributed by atoms with Gasteiger partial charge in [0.05, 0.1) is 17.5 Å². The summed E-state index contributed by atoms with van der Waals surface area (Å²) in [6.07, 6.45) is 0.936. The fourth-order valence-corrected chi connectivity index (χ4v) is 4.11. The molecule has 18 heavy (non-hydrogen) atoms. The van der Waals surface area contributed by atoms with Crippen molar-refractivity contribution < 1.29 is 9.94 Å². The third-order valence-corrected chi connectivity index (χ3v) is 5.18. The highest BCUT2D eigenvalue weighted by molar-refractivity contribution is 7.99. The van der Waals surface area contributed by atoms with Crippen LogP contribution in [-0.4, -0.2) is 30.2 Å². The van der Waals surface area contributed by atoms with E-state index in [1.54, 1.807) is 14.2 Å². The van der Waals surface area contributed by atoms with Crippen LogP contribution in [-0.2, 0) is 5.54 Å². The molecular weight excluding hydrogens is 246 g/mol. The second-order valence-electron chi connectivity index (χ2n) is 5.12. The van der Waals surface area contributed by atoms with E-state index in [1.165, 1.54) is 26.6 Å². The summed E-state index contributed by atoms with van der Waals surface area (Å²) in [6.45, 7) is 6.31. The van der Waals surface area contributed by atoms with Crippen LogP contribution >= 0.6 is 11.8 Å². The van der Waals surface area contributed by atoms with Crippen LogP contribution in [0.1, 0.15) is 30.0 Å². The zero-order valence-corrected chi connectivity index (χ0v) is 12.5. The van der Waals surface area contributed by atoms with Gasteiger partial charge in [-0.1, -0.05) is 0 Å². The van der Waals surface area contributed by atoms with E-state index >= 15 is 0 Å². The Kier molecular flexibility index (Phi) is 3.63. The van der Waals surface area contributed by atoms with Crippen LogP contribution in [0.15, 0.2) is 11.0 Å².